The maximum Gasteiger partial charge on any atom is 0.303 e. The zero-order valence-corrected chi connectivity index (χ0v) is 9.49. The molecular formula is C11H18O4. The van der Waals surface area contributed by atoms with Crippen LogP contribution in [-0.4, -0.2) is 32.6 Å². The number of terminal acetylenes is 1. The average molecular weight is 214 g/mol. The average Bonchev–Trinajstić information content (AvgIpc) is 2.22. The fourth-order valence-electron chi connectivity index (χ4n) is 1.18. The van der Waals surface area contributed by atoms with Gasteiger partial charge in [0.2, 0.25) is 0 Å². The van der Waals surface area contributed by atoms with Crippen molar-refractivity contribution in [2.24, 2.45) is 0 Å². The predicted molar refractivity (Wildman–Crippen MR) is 56.0 cm³/mol. The van der Waals surface area contributed by atoms with Gasteiger partial charge in [-0.05, 0) is 19.3 Å². The van der Waals surface area contributed by atoms with Crippen molar-refractivity contribution in [3.63, 3.8) is 0 Å². The van der Waals surface area contributed by atoms with E-state index < -0.39 is 6.10 Å². The molecule has 0 aliphatic heterocycles. The van der Waals surface area contributed by atoms with Gasteiger partial charge in [-0.25, -0.2) is 0 Å². The van der Waals surface area contributed by atoms with E-state index in [1.54, 1.807) is 14.2 Å². The summed E-state index contributed by atoms with van der Waals surface area (Å²) < 4.78 is 14.9. The summed E-state index contributed by atoms with van der Waals surface area (Å²) in [5.41, 5.74) is 0. The number of hydrogen-bond acceptors (Lipinski definition) is 4. The van der Waals surface area contributed by atoms with Crippen molar-refractivity contribution in [1.82, 2.24) is 0 Å². The molecule has 0 amide bonds. The largest absolute Gasteiger partial charge is 0.449 e. The van der Waals surface area contributed by atoms with Crippen molar-refractivity contribution < 1.29 is 19.0 Å². The molecule has 1 atom stereocenters. The van der Waals surface area contributed by atoms with E-state index in [0.717, 1.165) is 12.8 Å². The Kier molecular flexibility index (Phi) is 7.69. The fourth-order valence-corrected chi connectivity index (χ4v) is 1.18. The topological polar surface area (TPSA) is 44.8 Å². The van der Waals surface area contributed by atoms with Gasteiger partial charge in [0.1, 0.15) is 0 Å². The Morgan fingerprint density at radius 3 is 2.33 bits per heavy atom. The summed E-state index contributed by atoms with van der Waals surface area (Å²) in [7, 11) is 3.16. The van der Waals surface area contributed by atoms with Gasteiger partial charge in [-0.1, -0.05) is 5.92 Å². The first-order valence-electron chi connectivity index (χ1n) is 4.83. The Hall–Kier alpha value is -1.05. The normalized spacial score (nSPS) is 12.2. The lowest BCUT2D eigenvalue weighted by atomic mass is 10.1. The van der Waals surface area contributed by atoms with Gasteiger partial charge in [0, 0.05) is 21.1 Å². The summed E-state index contributed by atoms with van der Waals surface area (Å²) in [6.07, 6.45) is 6.68. The summed E-state index contributed by atoms with van der Waals surface area (Å²) >= 11 is 0. The summed E-state index contributed by atoms with van der Waals surface area (Å²) in [6.45, 7) is 1.34. The highest BCUT2D eigenvalue weighted by atomic mass is 16.7. The molecule has 86 valence electrons. The van der Waals surface area contributed by atoms with Crippen LogP contribution in [-0.2, 0) is 19.0 Å². The molecule has 0 aromatic carbocycles. The number of hydrogen-bond donors (Lipinski definition) is 0. The van der Waals surface area contributed by atoms with Crippen molar-refractivity contribution in [2.75, 3.05) is 14.2 Å². The van der Waals surface area contributed by atoms with Gasteiger partial charge >= 0.3 is 5.97 Å². The van der Waals surface area contributed by atoms with E-state index in [0.29, 0.717) is 6.42 Å². The lowest BCUT2D eigenvalue weighted by Crippen LogP contribution is -2.17. The molecule has 4 heteroatoms. The van der Waals surface area contributed by atoms with E-state index >= 15 is 0 Å². The summed E-state index contributed by atoms with van der Waals surface area (Å²) in [6, 6.07) is 0. The van der Waals surface area contributed by atoms with Gasteiger partial charge in [0.15, 0.2) is 12.4 Å². The predicted octanol–water partition coefficient (Wildman–Crippen LogP) is 1.34. The third kappa shape index (κ3) is 6.95. The molecule has 0 saturated heterocycles. The second kappa shape index (κ2) is 8.27. The van der Waals surface area contributed by atoms with E-state index in [2.05, 4.69) is 5.92 Å². The maximum atomic E-state index is 10.7. The number of ether oxygens (including phenoxy) is 3. The second-order valence-corrected chi connectivity index (χ2v) is 3.10. The molecule has 0 aliphatic carbocycles. The van der Waals surface area contributed by atoms with Crippen LogP contribution in [0.15, 0.2) is 0 Å². The fraction of sp³-hybridized carbons (Fsp3) is 0.727. The van der Waals surface area contributed by atoms with Gasteiger partial charge < -0.3 is 14.2 Å². The van der Waals surface area contributed by atoms with Gasteiger partial charge in [-0.15, -0.1) is 6.42 Å². The van der Waals surface area contributed by atoms with Crippen molar-refractivity contribution in [3.8, 4) is 12.3 Å². The molecule has 0 heterocycles. The molecule has 0 saturated carbocycles. The van der Waals surface area contributed by atoms with Crippen molar-refractivity contribution in [2.45, 2.75) is 38.6 Å². The van der Waals surface area contributed by atoms with Crippen LogP contribution in [0.3, 0.4) is 0 Å². The van der Waals surface area contributed by atoms with E-state index in [1.807, 2.05) is 0 Å². The Labute approximate surface area is 90.9 Å². The molecule has 0 aromatic heterocycles. The number of rotatable bonds is 7. The van der Waals surface area contributed by atoms with Crippen LogP contribution >= 0.6 is 0 Å². The van der Waals surface area contributed by atoms with Gasteiger partial charge in [0.25, 0.3) is 0 Å². The molecule has 0 radical (unpaired) electrons. The SMILES string of the molecule is C#CC(CCCC(OC)OC)OC(C)=O. The Balaban J connectivity index is 3.72. The molecule has 0 N–H and O–H groups in total. The smallest absolute Gasteiger partial charge is 0.303 e. The molecule has 0 spiro atoms. The van der Waals surface area contributed by atoms with E-state index in [1.165, 1.54) is 6.92 Å². The lowest BCUT2D eigenvalue weighted by Gasteiger charge is -2.14. The van der Waals surface area contributed by atoms with E-state index in [-0.39, 0.29) is 12.3 Å². The highest BCUT2D eigenvalue weighted by Gasteiger charge is 2.10. The molecule has 4 nitrogen and oxygen atoms in total. The standard InChI is InChI=1S/C11H18O4/c1-5-10(15-9(2)12)7-6-8-11(13-3)14-4/h1,10-11H,6-8H2,2-4H3. The second-order valence-electron chi connectivity index (χ2n) is 3.10. The molecule has 0 bridgehead atoms. The minimum atomic E-state index is -0.447. The van der Waals surface area contributed by atoms with Crippen LogP contribution in [0.25, 0.3) is 0 Å². The van der Waals surface area contributed by atoms with Crippen molar-refractivity contribution in [3.05, 3.63) is 0 Å². The molecule has 0 fully saturated rings. The minimum Gasteiger partial charge on any atom is -0.449 e. The molecule has 0 aliphatic rings. The van der Waals surface area contributed by atoms with Gasteiger partial charge in [-0.3, -0.25) is 4.79 Å². The van der Waals surface area contributed by atoms with Crippen LogP contribution in [0.5, 0.6) is 0 Å². The van der Waals surface area contributed by atoms with E-state index in [9.17, 15) is 4.79 Å². The van der Waals surface area contributed by atoms with Gasteiger partial charge in [0.05, 0.1) is 0 Å². The van der Waals surface area contributed by atoms with Crippen molar-refractivity contribution in [1.29, 1.82) is 0 Å². The number of carbonyl (C=O) groups excluding carboxylic acids is 1. The summed E-state index contributed by atoms with van der Waals surface area (Å²) in [5.74, 6) is 2.06. The molecule has 0 aromatic rings. The first-order valence-corrected chi connectivity index (χ1v) is 4.83. The maximum absolute atomic E-state index is 10.7. The number of methoxy groups -OCH3 is 2. The lowest BCUT2D eigenvalue weighted by molar-refractivity contribution is -0.144. The number of carbonyl (C=O) groups is 1. The highest BCUT2D eigenvalue weighted by Crippen LogP contribution is 2.09. The quantitative estimate of drug-likeness (QED) is 0.364. The summed E-state index contributed by atoms with van der Waals surface area (Å²) in [5, 5.41) is 0. The first kappa shape index (κ1) is 13.9. The Morgan fingerprint density at radius 1 is 1.33 bits per heavy atom. The summed E-state index contributed by atoms with van der Waals surface area (Å²) in [4.78, 5) is 10.7. The molecule has 0 rings (SSSR count). The zero-order chi connectivity index (χ0) is 11.7. The minimum absolute atomic E-state index is 0.222. The van der Waals surface area contributed by atoms with Crippen LogP contribution < -0.4 is 0 Å². The number of esters is 1. The van der Waals surface area contributed by atoms with Crippen molar-refractivity contribution >= 4 is 5.97 Å². The van der Waals surface area contributed by atoms with Crippen LogP contribution in [0, 0.1) is 12.3 Å². The van der Waals surface area contributed by atoms with Crippen LogP contribution in [0.1, 0.15) is 26.2 Å². The molecule has 15 heavy (non-hydrogen) atoms. The van der Waals surface area contributed by atoms with E-state index in [4.69, 9.17) is 20.6 Å². The third-order valence-electron chi connectivity index (χ3n) is 1.93. The van der Waals surface area contributed by atoms with Crippen LogP contribution in [0.2, 0.25) is 0 Å². The van der Waals surface area contributed by atoms with Gasteiger partial charge in [-0.2, -0.15) is 0 Å². The first-order chi connectivity index (χ1) is 7.13. The van der Waals surface area contributed by atoms with Crippen LogP contribution in [0.4, 0.5) is 0 Å². The Morgan fingerprint density at radius 2 is 1.93 bits per heavy atom. The highest BCUT2D eigenvalue weighted by molar-refractivity contribution is 5.66. The third-order valence-corrected chi connectivity index (χ3v) is 1.93. The molecule has 1 unspecified atom stereocenters. The monoisotopic (exact) mass is 214 g/mol. The molecular weight excluding hydrogens is 196 g/mol. The zero-order valence-electron chi connectivity index (χ0n) is 9.49. The Bertz CT molecular complexity index is 215.